The van der Waals surface area contributed by atoms with Crippen molar-refractivity contribution >= 4 is 7.60 Å². The molecule has 0 bridgehead atoms. The van der Waals surface area contributed by atoms with Crippen LogP contribution in [0.15, 0.2) is 18.2 Å². The van der Waals surface area contributed by atoms with Crippen LogP contribution in [0.3, 0.4) is 0 Å². The molecule has 0 radical (unpaired) electrons. The Hall–Kier alpha value is -0.770. The van der Waals surface area contributed by atoms with Crippen LogP contribution < -0.4 is 0 Å². The van der Waals surface area contributed by atoms with E-state index in [1.807, 2.05) is 0 Å². The van der Waals surface area contributed by atoms with Gasteiger partial charge in [-0.15, -0.1) is 0 Å². The fraction of sp³-hybridized carbons (Fsp3) is 0.333. The summed E-state index contributed by atoms with van der Waals surface area (Å²) in [5.41, 5.74) is -0.0259. The summed E-state index contributed by atoms with van der Waals surface area (Å²) >= 11 is 0. The van der Waals surface area contributed by atoms with Gasteiger partial charge in [0.2, 0.25) is 0 Å². The average Bonchev–Trinajstić information content (AvgIpc) is 2.23. The first-order valence-corrected chi connectivity index (χ1v) is 5.88. The summed E-state index contributed by atoms with van der Waals surface area (Å²) in [4.78, 5) is 0. The lowest BCUT2D eigenvalue weighted by Gasteiger charge is -2.13. The minimum atomic E-state index is -3.36. The number of halogens is 2. The monoisotopic (exact) mass is 236 g/mol. The molecule has 0 N–H and O–H groups in total. The molecule has 6 heteroatoms. The van der Waals surface area contributed by atoms with Crippen molar-refractivity contribution in [1.29, 1.82) is 0 Å². The molecular formula is C9H11F2O3P. The summed E-state index contributed by atoms with van der Waals surface area (Å²) < 4.78 is 46.9. The zero-order valence-electron chi connectivity index (χ0n) is 8.37. The van der Waals surface area contributed by atoms with Crippen LogP contribution in [0.1, 0.15) is 5.56 Å². The first kappa shape index (κ1) is 12.3. The second-order valence-corrected chi connectivity index (χ2v) is 5.14. The highest BCUT2D eigenvalue weighted by Crippen LogP contribution is 2.50. The van der Waals surface area contributed by atoms with Crippen LogP contribution in [0, 0.1) is 11.6 Å². The molecule has 0 fully saturated rings. The number of hydrogen-bond donors (Lipinski definition) is 0. The Kier molecular flexibility index (Phi) is 3.97. The van der Waals surface area contributed by atoms with Gasteiger partial charge in [-0.05, 0) is 18.2 Å². The Labute approximate surface area is 86.5 Å². The van der Waals surface area contributed by atoms with Gasteiger partial charge >= 0.3 is 7.60 Å². The van der Waals surface area contributed by atoms with Crippen molar-refractivity contribution in [1.82, 2.24) is 0 Å². The molecule has 0 aromatic heterocycles. The van der Waals surface area contributed by atoms with Gasteiger partial charge < -0.3 is 9.05 Å². The van der Waals surface area contributed by atoms with E-state index in [1.54, 1.807) is 0 Å². The summed E-state index contributed by atoms with van der Waals surface area (Å²) in [5, 5.41) is 0. The van der Waals surface area contributed by atoms with Crippen LogP contribution in [0.5, 0.6) is 0 Å². The summed E-state index contributed by atoms with van der Waals surface area (Å²) in [6.45, 7) is 0. The van der Waals surface area contributed by atoms with E-state index in [2.05, 4.69) is 9.05 Å². The van der Waals surface area contributed by atoms with Gasteiger partial charge in [-0.25, -0.2) is 8.78 Å². The maximum atomic E-state index is 13.2. The molecule has 0 atom stereocenters. The highest BCUT2D eigenvalue weighted by Gasteiger charge is 2.23. The standard InChI is InChI=1S/C9H11F2O3P/c1-13-15(12,14-2)6-7-5-8(10)3-4-9(7)11/h3-5H,6H2,1-2H3. The van der Waals surface area contributed by atoms with Gasteiger partial charge in [0, 0.05) is 19.8 Å². The highest BCUT2D eigenvalue weighted by molar-refractivity contribution is 7.52. The molecule has 0 spiro atoms. The van der Waals surface area contributed by atoms with Crippen LogP contribution in [0.25, 0.3) is 0 Å². The van der Waals surface area contributed by atoms with E-state index in [9.17, 15) is 13.3 Å². The summed E-state index contributed by atoms with van der Waals surface area (Å²) in [6, 6.07) is 2.93. The zero-order chi connectivity index (χ0) is 11.5. The second-order valence-electron chi connectivity index (χ2n) is 2.87. The van der Waals surface area contributed by atoms with Gasteiger partial charge in [0.25, 0.3) is 0 Å². The minimum absolute atomic E-state index is 0.0259. The smallest absolute Gasteiger partial charge is 0.312 e. The molecule has 0 saturated heterocycles. The van der Waals surface area contributed by atoms with E-state index in [0.717, 1.165) is 18.2 Å². The van der Waals surface area contributed by atoms with Crippen LogP contribution in [0.2, 0.25) is 0 Å². The van der Waals surface area contributed by atoms with E-state index < -0.39 is 19.2 Å². The molecule has 3 nitrogen and oxygen atoms in total. The predicted octanol–water partition coefficient (Wildman–Crippen LogP) is 2.95. The van der Waals surface area contributed by atoms with Gasteiger partial charge in [-0.1, -0.05) is 0 Å². The molecule has 0 amide bonds. The molecule has 1 rings (SSSR count). The first-order chi connectivity index (χ1) is 7.00. The molecule has 0 saturated carbocycles. The SMILES string of the molecule is COP(=O)(Cc1cc(F)ccc1F)OC. The zero-order valence-corrected chi connectivity index (χ0v) is 9.26. The molecule has 1 aromatic rings. The van der Waals surface area contributed by atoms with Crippen molar-refractivity contribution < 1.29 is 22.4 Å². The van der Waals surface area contributed by atoms with Crippen molar-refractivity contribution in [2.75, 3.05) is 14.2 Å². The predicted molar refractivity (Wildman–Crippen MR) is 51.7 cm³/mol. The first-order valence-electron chi connectivity index (χ1n) is 4.15. The molecule has 0 heterocycles. The van der Waals surface area contributed by atoms with Crippen molar-refractivity contribution in [3.8, 4) is 0 Å². The lowest BCUT2D eigenvalue weighted by molar-refractivity contribution is 0.274. The molecule has 0 aliphatic heterocycles. The largest absolute Gasteiger partial charge is 0.334 e. The third-order valence-electron chi connectivity index (χ3n) is 1.93. The van der Waals surface area contributed by atoms with Crippen LogP contribution >= 0.6 is 7.60 Å². The molecule has 84 valence electrons. The maximum absolute atomic E-state index is 13.2. The number of hydrogen-bond acceptors (Lipinski definition) is 3. The summed E-state index contributed by atoms with van der Waals surface area (Å²) in [7, 11) is -0.965. The Bertz CT molecular complexity index is 387. The van der Waals surface area contributed by atoms with Gasteiger partial charge in [0.15, 0.2) is 0 Å². The topological polar surface area (TPSA) is 35.5 Å². The molecular weight excluding hydrogens is 225 g/mol. The van der Waals surface area contributed by atoms with Crippen LogP contribution in [0.4, 0.5) is 8.78 Å². The normalized spacial score (nSPS) is 11.7. The fourth-order valence-electron chi connectivity index (χ4n) is 1.08. The van der Waals surface area contributed by atoms with E-state index >= 15 is 0 Å². The quantitative estimate of drug-likeness (QED) is 0.754. The molecule has 0 unspecified atom stereocenters. The molecule has 0 aliphatic carbocycles. The van der Waals surface area contributed by atoms with Crippen molar-refractivity contribution in [2.45, 2.75) is 6.16 Å². The second kappa shape index (κ2) is 4.84. The van der Waals surface area contributed by atoms with E-state index in [1.165, 1.54) is 14.2 Å². The van der Waals surface area contributed by atoms with Crippen molar-refractivity contribution in [3.63, 3.8) is 0 Å². The van der Waals surface area contributed by atoms with Crippen molar-refractivity contribution in [2.24, 2.45) is 0 Å². The van der Waals surface area contributed by atoms with Crippen LogP contribution in [-0.4, -0.2) is 14.2 Å². The molecule has 1 aromatic carbocycles. The number of benzene rings is 1. The molecule has 15 heavy (non-hydrogen) atoms. The van der Waals surface area contributed by atoms with E-state index in [-0.39, 0.29) is 11.7 Å². The lowest BCUT2D eigenvalue weighted by Crippen LogP contribution is -1.97. The number of rotatable bonds is 4. The molecule has 0 aliphatic rings. The Morgan fingerprint density at radius 3 is 2.40 bits per heavy atom. The fourth-order valence-corrected chi connectivity index (χ4v) is 2.14. The van der Waals surface area contributed by atoms with Gasteiger partial charge in [0.05, 0.1) is 6.16 Å². The summed E-state index contributed by atoms with van der Waals surface area (Å²) in [5.74, 6) is -1.23. The lowest BCUT2D eigenvalue weighted by atomic mass is 10.2. The van der Waals surface area contributed by atoms with Gasteiger partial charge in [-0.3, -0.25) is 4.57 Å². The van der Waals surface area contributed by atoms with Gasteiger partial charge in [0.1, 0.15) is 11.6 Å². The summed E-state index contributed by atoms with van der Waals surface area (Å²) in [6.07, 6.45) is -0.288. The van der Waals surface area contributed by atoms with Gasteiger partial charge in [-0.2, -0.15) is 0 Å². The van der Waals surface area contributed by atoms with E-state index in [0.29, 0.717) is 0 Å². The maximum Gasteiger partial charge on any atom is 0.334 e. The third kappa shape index (κ3) is 3.09. The van der Waals surface area contributed by atoms with E-state index in [4.69, 9.17) is 0 Å². The average molecular weight is 236 g/mol. The van der Waals surface area contributed by atoms with Crippen molar-refractivity contribution in [3.05, 3.63) is 35.4 Å². The highest BCUT2D eigenvalue weighted by atomic mass is 31.2. The Morgan fingerprint density at radius 2 is 1.87 bits per heavy atom. The Balaban J connectivity index is 2.98. The third-order valence-corrected chi connectivity index (χ3v) is 3.77. The minimum Gasteiger partial charge on any atom is -0.312 e. The Morgan fingerprint density at radius 1 is 1.27 bits per heavy atom. The van der Waals surface area contributed by atoms with Crippen LogP contribution in [-0.2, 0) is 19.8 Å².